The van der Waals surface area contributed by atoms with E-state index < -0.39 is 0 Å². The van der Waals surface area contributed by atoms with Gasteiger partial charge in [-0.2, -0.15) is 4.37 Å². The van der Waals surface area contributed by atoms with Gasteiger partial charge in [0, 0.05) is 0 Å². The maximum Gasteiger partial charge on any atom is 0.234 e. The van der Waals surface area contributed by atoms with Gasteiger partial charge in [-0.3, -0.25) is 0 Å². The second kappa shape index (κ2) is 3.37. The lowest BCUT2D eigenvalue weighted by atomic mass is 10.5. The van der Waals surface area contributed by atoms with E-state index in [1.807, 2.05) is 0 Å². The van der Waals surface area contributed by atoms with Crippen LogP contribution in [0.4, 0.5) is 0 Å². The third kappa shape index (κ3) is 1.52. The maximum atomic E-state index is 5.58. The van der Waals surface area contributed by atoms with Gasteiger partial charge in [0.1, 0.15) is 9.48 Å². The van der Waals surface area contributed by atoms with Crippen molar-refractivity contribution in [2.24, 2.45) is 0 Å². The van der Waals surface area contributed by atoms with E-state index in [2.05, 4.69) is 30.3 Å². The van der Waals surface area contributed by atoms with E-state index in [1.54, 1.807) is 5.51 Å². The number of rotatable bonds is 1. The van der Waals surface area contributed by atoms with Gasteiger partial charge in [-0.15, -0.1) is 11.3 Å². The normalized spacial score (nSPS) is 10.5. The van der Waals surface area contributed by atoms with Crippen molar-refractivity contribution in [3.05, 3.63) is 14.6 Å². The summed E-state index contributed by atoms with van der Waals surface area (Å²) in [5.41, 5.74) is 2.55. The van der Waals surface area contributed by atoms with Gasteiger partial charge < -0.3 is 0 Å². The Kier molecular flexibility index (Phi) is 2.40. The van der Waals surface area contributed by atoms with Gasteiger partial charge in [-0.25, -0.2) is 9.97 Å². The molecule has 7 heteroatoms. The van der Waals surface area contributed by atoms with Crippen LogP contribution in [0, 0.1) is 0 Å². The highest BCUT2D eigenvalue weighted by atomic mass is 79.9. The van der Waals surface area contributed by atoms with Crippen LogP contribution in [0.25, 0.3) is 10.7 Å². The zero-order valence-electron chi connectivity index (χ0n) is 5.49. The topological polar surface area (TPSA) is 38.7 Å². The highest BCUT2D eigenvalue weighted by Gasteiger charge is 2.10. The summed E-state index contributed by atoms with van der Waals surface area (Å²) in [6.45, 7) is 0. The highest BCUT2D eigenvalue weighted by molar-refractivity contribution is 9.11. The zero-order valence-corrected chi connectivity index (χ0v) is 9.47. The summed E-state index contributed by atoms with van der Waals surface area (Å²) in [7, 11) is 0. The number of thiazole rings is 1. The molecular weight excluding hydrogens is 282 g/mol. The molecule has 0 aromatic carbocycles. The van der Waals surface area contributed by atoms with Crippen molar-refractivity contribution in [1.82, 2.24) is 14.3 Å². The minimum Gasteiger partial charge on any atom is -0.241 e. The van der Waals surface area contributed by atoms with Crippen LogP contribution in [0.2, 0.25) is 5.28 Å². The Morgan fingerprint density at radius 3 is 2.83 bits per heavy atom. The van der Waals surface area contributed by atoms with Gasteiger partial charge in [0.2, 0.25) is 5.28 Å². The standard InChI is InChI=1S/C5HBrClN3S2/c6-3-2(8-1-11-3)4-9-5(7)10-12-4/h1H. The zero-order chi connectivity index (χ0) is 8.55. The molecule has 0 aliphatic heterocycles. The fraction of sp³-hybridized carbons (Fsp3) is 0. The predicted octanol–water partition coefficient (Wildman–Crippen LogP) is 3.08. The number of halogens is 2. The number of hydrogen-bond acceptors (Lipinski definition) is 5. The quantitative estimate of drug-likeness (QED) is 0.807. The van der Waals surface area contributed by atoms with E-state index >= 15 is 0 Å². The van der Waals surface area contributed by atoms with Crippen LogP contribution in [0.15, 0.2) is 9.30 Å². The molecule has 2 aromatic heterocycles. The largest absolute Gasteiger partial charge is 0.241 e. The molecule has 0 N–H and O–H groups in total. The summed E-state index contributed by atoms with van der Waals surface area (Å²) < 4.78 is 4.81. The SMILES string of the molecule is Clc1nsc(-c2ncsc2Br)n1. The van der Waals surface area contributed by atoms with Crippen molar-refractivity contribution in [3.63, 3.8) is 0 Å². The van der Waals surface area contributed by atoms with Gasteiger partial charge in [0.25, 0.3) is 0 Å². The lowest BCUT2D eigenvalue weighted by molar-refractivity contribution is 1.30. The molecule has 0 amide bonds. The molecule has 0 aliphatic rings. The molecule has 2 aromatic rings. The first-order valence-electron chi connectivity index (χ1n) is 2.86. The predicted molar refractivity (Wildman–Crippen MR) is 53.7 cm³/mol. The van der Waals surface area contributed by atoms with Gasteiger partial charge in [-0.1, -0.05) is 0 Å². The molecule has 12 heavy (non-hydrogen) atoms. The van der Waals surface area contributed by atoms with Gasteiger partial charge in [-0.05, 0) is 39.1 Å². The number of hydrogen-bond donors (Lipinski definition) is 0. The Morgan fingerprint density at radius 1 is 1.50 bits per heavy atom. The third-order valence-corrected chi connectivity index (χ3v) is 3.67. The molecule has 3 nitrogen and oxygen atoms in total. The van der Waals surface area contributed by atoms with Crippen molar-refractivity contribution in [2.45, 2.75) is 0 Å². The summed E-state index contributed by atoms with van der Waals surface area (Å²) in [5, 5.41) is 1.02. The summed E-state index contributed by atoms with van der Waals surface area (Å²) in [6, 6.07) is 0. The summed E-state index contributed by atoms with van der Waals surface area (Å²) in [5.74, 6) is 0. The highest BCUT2D eigenvalue weighted by Crippen LogP contribution is 2.31. The average Bonchev–Trinajstić information content (AvgIpc) is 2.58. The van der Waals surface area contributed by atoms with Crippen molar-refractivity contribution in [1.29, 1.82) is 0 Å². The number of nitrogens with zero attached hydrogens (tertiary/aromatic N) is 3. The molecule has 0 radical (unpaired) electrons. The van der Waals surface area contributed by atoms with Crippen molar-refractivity contribution < 1.29 is 0 Å². The Morgan fingerprint density at radius 2 is 2.33 bits per heavy atom. The number of aromatic nitrogens is 3. The van der Waals surface area contributed by atoms with E-state index in [9.17, 15) is 0 Å². The minimum absolute atomic E-state index is 0.273. The Bertz CT molecular complexity index is 399. The summed E-state index contributed by atoms with van der Waals surface area (Å²) >= 11 is 11.7. The first kappa shape index (κ1) is 8.55. The Labute approximate surface area is 89.7 Å². The molecule has 62 valence electrons. The lowest BCUT2D eigenvalue weighted by Crippen LogP contribution is -1.74. The van der Waals surface area contributed by atoms with E-state index in [1.165, 1.54) is 22.9 Å². The summed E-state index contributed by atoms with van der Waals surface area (Å²) in [4.78, 5) is 8.12. The second-order valence-corrected chi connectivity index (χ2v) is 5.11. The molecule has 2 heterocycles. The molecular formula is C5HBrClN3S2. The Hall–Kier alpha value is -0.0400. The van der Waals surface area contributed by atoms with Crippen LogP contribution >= 0.6 is 50.4 Å². The second-order valence-electron chi connectivity index (χ2n) is 1.84. The van der Waals surface area contributed by atoms with Crippen molar-refractivity contribution >= 4 is 50.4 Å². The molecule has 0 bridgehead atoms. The van der Waals surface area contributed by atoms with Crippen molar-refractivity contribution in [2.75, 3.05) is 0 Å². The molecule has 0 fully saturated rings. The van der Waals surface area contributed by atoms with Gasteiger partial charge in [0.05, 0.1) is 5.51 Å². The van der Waals surface area contributed by atoms with E-state index in [0.717, 1.165) is 14.5 Å². The fourth-order valence-corrected chi connectivity index (χ4v) is 2.73. The van der Waals surface area contributed by atoms with Crippen LogP contribution in [-0.2, 0) is 0 Å². The molecule has 0 aliphatic carbocycles. The van der Waals surface area contributed by atoms with Crippen LogP contribution in [0.5, 0.6) is 0 Å². The van der Waals surface area contributed by atoms with Gasteiger partial charge in [0.15, 0.2) is 5.01 Å². The molecule has 2 rings (SSSR count). The minimum atomic E-state index is 0.273. The molecule has 0 spiro atoms. The first-order valence-corrected chi connectivity index (χ1v) is 5.68. The van der Waals surface area contributed by atoms with Crippen LogP contribution in [0.1, 0.15) is 0 Å². The maximum absolute atomic E-state index is 5.58. The third-order valence-electron chi connectivity index (χ3n) is 1.13. The molecule has 0 saturated carbocycles. The van der Waals surface area contributed by atoms with E-state index in [4.69, 9.17) is 11.6 Å². The summed E-state index contributed by atoms with van der Waals surface area (Å²) in [6.07, 6.45) is 0. The van der Waals surface area contributed by atoms with Crippen molar-refractivity contribution in [3.8, 4) is 10.7 Å². The lowest BCUT2D eigenvalue weighted by Gasteiger charge is -1.85. The monoisotopic (exact) mass is 281 g/mol. The Balaban J connectivity index is 2.50. The smallest absolute Gasteiger partial charge is 0.234 e. The molecule has 0 saturated heterocycles. The van der Waals surface area contributed by atoms with Gasteiger partial charge >= 0.3 is 0 Å². The average molecular weight is 283 g/mol. The fourth-order valence-electron chi connectivity index (χ4n) is 0.673. The van der Waals surface area contributed by atoms with E-state index in [0.29, 0.717) is 0 Å². The first-order chi connectivity index (χ1) is 5.77. The van der Waals surface area contributed by atoms with Crippen LogP contribution < -0.4 is 0 Å². The molecule has 0 unspecified atom stereocenters. The van der Waals surface area contributed by atoms with Crippen LogP contribution in [0.3, 0.4) is 0 Å². The van der Waals surface area contributed by atoms with Crippen LogP contribution in [-0.4, -0.2) is 14.3 Å². The van der Waals surface area contributed by atoms with E-state index in [-0.39, 0.29) is 5.28 Å². The molecule has 0 atom stereocenters.